The fourth-order valence-electron chi connectivity index (χ4n) is 2.34. The molecule has 0 saturated heterocycles. The quantitative estimate of drug-likeness (QED) is 0.680. The van der Waals surface area contributed by atoms with Crippen molar-refractivity contribution in [2.75, 3.05) is 4.72 Å². The molecule has 2 aromatic carbocycles. The fraction of sp³-hybridized carbons (Fsp3) is 0.118. The predicted octanol–water partition coefficient (Wildman–Crippen LogP) is 5.11. The molecule has 0 radical (unpaired) electrons. The first kappa shape index (κ1) is 13.9. The highest BCUT2D eigenvalue weighted by atomic mass is 32.2. The molecule has 1 aromatic heterocycles. The van der Waals surface area contributed by atoms with Crippen LogP contribution in [0.2, 0.25) is 0 Å². The third-order valence-electron chi connectivity index (χ3n) is 3.14. The van der Waals surface area contributed by atoms with Crippen LogP contribution in [0.1, 0.15) is 11.1 Å². The molecule has 21 heavy (non-hydrogen) atoms. The molecule has 0 amide bonds. The number of hydrogen-bond donors (Lipinski definition) is 1. The van der Waals surface area contributed by atoms with E-state index in [-0.39, 0.29) is 5.82 Å². The van der Waals surface area contributed by atoms with Gasteiger partial charge in [-0.2, -0.15) is 0 Å². The van der Waals surface area contributed by atoms with Gasteiger partial charge in [-0.3, -0.25) is 4.98 Å². The van der Waals surface area contributed by atoms with E-state index in [2.05, 4.69) is 41.8 Å². The molecule has 0 aliphatic rings. The van der Waals surface area contributed by atoms with Gasteiger partial charge in [0.2, 0.25) is 0 Å². The van der Waals surface area contributed by atoms with Gasteiger partial charge in [0.05, 0.1) is 11.2 Å². The van der Waals surface area contributed by atoms with Crippen molar-refractivity contribution < 1.29 is 4.39 Å². The van der Waals surface area contributed by atoms with E-state index in [1.807, 2.05) is 12.1 Å². The second-order valence-corrected chi connectivity index (χ2v) is 5.94. The average Bonchev–Trinajstić information content (AvgIpc) is 2.43. The Labute approximate surface area is 127 Å². The summed E-state index contributed by atoms with van der Waals surface area (Å²) >= 11 is 1.47. The van der Waals surface area contributed by atoms with E-state index in [1.54, 1.807) is 6.20 Å². The summed E-state index contributed by atoms with van der Waals surface area (Å²) < 4.78 is 16.9. The van der Waals surface area contributed by atoms with Crippen LogP contribution in [0.15, 0.2) is 53.6 Å². The van der Waals surface area contributed by atoms with Gasteiger partial charge in [-0.25, -0.2) is 4.39 Å². The number of aromatic nitrogens is 1. The first-order valence-electron chi connectivity index (χ1n) is 6.67. The summed E-state index contributed by atoms with van der Waals surface area (Å²) in [5.41, 5.74) is 3.88. The summed E-state index contributed by atoms with van der Waals surface area (Å²) in [6.45, 7) is 4.13. The van der Waals surface area contributed by atoms with Crippen LogP contribution in [0.3, 0.4) is 0 Å². The monoisotopic (exact) mass is 298 g/mol. The van der Waals surface area contributed by atoms with Crippen molar-refractivity contribution in [1.82, 2.24) is 4.98 Å². The summed E-state index contributed by atoms with van der Waals surface area (Å²) in [5, 5.41) is 0.793. The van der Waals surface area contributed by atoms with Crippen LogP contribution in [0.25, 0.3) is 10.9 Å². The number of fused-ring (bicyclic) bond motifs is 1. The molecule has 3 aromatic rings. The van der Waals surface area contributed by atoms with Crippen LogP contribution < -0.4 is 4.72 Å². The van der Waals surface area contributed by atoms with Crippen LogP contribution in [-0.4, -0.2) is 4.98 Å². The van der Waals surface area contributed by atoms with Crippen molar-refractivity contribution in [2.45, 2.75) is 18.7 Å². The van der Waals surface area contributed by atoms with Gasteiger partial charge < -0.3 is 4.72 Å². The Hall–Kier alpha value is -2.07. The highest BCUT2D eigenvalue weighted by Crippen LogP contribution is 2.28. The van der Waals surface area contributed by atoms with Crippen LogP contribution in [0, 0.1) is 19.7 Å². The second-order valence-electron chi connectivity index (χ2n) is 5.06. The normalized spacial score (nSPS) is 10.8. The first-order chi connectivity index (χ1) is 10.1. The smallest absolute Gasteiger partial charge is 0.126 e. The number of hydrogen-bond acceptors (Lipinski definition) is 3. The Balaban J connectivity index is 1.91. The first-order valence-corrected chi connectivity index (χ1v) is 7.49. The maximum Gasteiger partial charge on any atom is 0.126 e. The molecule has 0 aliphatic heterocycles. The van der Waals surface area contributed by atoms with Crippen molar-refractivity contribution in [3.8, 4) is 0 Å². The summed E-state index contributed by atoms with van der Waals surface area (Å²) in [7, 11) is 0. The number of aryl methyl sites for hydroxylation is 2. The molecule has 0 atom stereocenters. The van der Waals surface area contributed by atoms with E-state index in [0.29, 0.717) is 5.69 Å². The van der Waals surface area contributed by atoms with E-state index >= 15 is 0 Å². The van der Waals surface area contributed by atoms with Crippen molar-refractivity contribution in [1.29, 1.82) is 0 Å². The van der Waals surface area contributed by atoms with Gasteiger partial charge in [-0.1, -0.05) is 12.1 Å². The summed E-state index contributed by atoms with van der Waals surface area (Å²) in [4.78, 5) is 5.43. The molecule has 4 heteroatoms. The Morgan fingerprint density at radius 1 is 1.05 bits per heavy atom. The lowest BCUT2D eigenvalue weighted by Gasteiger charge is -2.09. The molecule has 1 N–H and O–H groups in total. The summed E-state index contributed by atoms with van der Waals surface area (Å²) in [5.74, 6) is -0.265. The third kappa shape index (κ3) is 3.16. The molecule has 0 fully saturated rings. The number of pyridine rings is 1. The number of halogens is 1. The standard InChI is InChI=1S/C17H15FN2S/c1-11-6-12(2)8-15(7-11)21-20-16-10-14(18)9-13-4-3-5-19-17(13)16/h3-10,20H,1-2H3. The Bertz CT molecular complexity index is 782. The summed E-state index contributed by atoms with van der Waals surface area (Å²) in [6.07, 6.45) is 1.72. The Morgan fingerprint density at radius 2 is 1.81 bits per heavy atom. The molecule has 2 nitrogen and oxygen atoms in total. The summed E-state index contributed by atoms with van der Waals surface area (Å²) in [6, 6.07) is 13.0. The largest absolute Gasteiger partial charge is 0.324 e. The highest BCUT2D eigenvalue weighted by molar-refractivity contribution is 8.00. The molecule has 0 unspecified atom stereocenters. The third-order valence-corrected chi connectivity index (χ3v) is 3.94. The zero-order chi connectivity index (χ0) is 14.8. The minimum atomic E-state index is -0.265. The van der Waals surface area contributed by atoms with Crippen LogP contribution >= 0.6 is 11.9 Å². The van der Waals surface area contributed by atoms with Gasteiger partial charge in [0.1, 0.15) is 5.82 Å². The Kier molecular flexibility index (Phi) is 3.80. The van der Waals surface area contributed by atoms with Crippen molar-refractivity contribution in [2.24, 2.45) is 0 Å². The van der Waals surface area contributed by atoms with Crippen molar-refractivity contribution in [3.05, 3.63) is 65.6 Å². The zero-order valence-electron chi connectivity index (χ0n) is 11.9. The van der Waals surface area contributed by atoms with E-state index < -0.39 is 0 Å². The van der Waals surface area contributed by atoms with Crippen molar-refractivity contribution in [3.63, 3.8) is 0 Å². The highest BCUT2D eigenvalue weighted by Gasteiger charge is 2.06. The predicted molar refractivity (Wildman–Crippen MR) is 87.1 cm³/mol. The zero-order valence-corrected chi connectivity index (χ0v) is 12.7. The lowest BCUT2D eigenvalue weighted by Crippen LogP contribution is -1.92. The maximum atomic E-state index is 13.7. The minimum absolute atomic E-state index is 0.265. The number of benzene rings is 2. The molecule has 0 bridgehead atoms. The average molecular weight is 298 g/mol. The Morgan fingerprint density at radius 3 is 2.57 bits per heavy atom. The minimum Gasteiger partial charge on any atom is -0.324 e. The van der Waals surface area contributed by atoms with Gasteiger partial charge >= 0.3 is 0 Å². The maximum absolute atomic E-state index is 13.7. The van der Waals surface area contributed by atoms with Crippen LogP contribution in [-0.2, 0) is 0 Å². The van der Waals surface area contributed by atoms with Gasteiger partial charge in [-0.05, 0) is 61.2 Å². The molecule has 0 saturated carbocycles. The molecule has 3 rings (SSSR count). The van der Waals surface area contributed by atoms with E-state index in [9.17, 15) is 4.39 Å². The van der Waals surface area contributed by atoms with E-state index in [4.69, 9.17) is 0 Å². The van der Waals surface area contributed by atoms with E-state index in [1.165, 1.54) is 35.2 Å². The number of nitrogens with zero attached hydrogens (tertiary/aromatic N) is 1. The molecular formula is C17H15FN2S. The van der Waals surface area contributed by atoms with Gasteiger partial charge in [0, 0.05) is 22.5 Å². The lowest BCUT2D eigenvalue weighted by molar-refractivity contribution is 0.630. The number of anilines is 1. The molecule has 0 aliphatic carbocycles. The lowest BCUT2D eigenvalue weighted by atomic mass is 10.2. The van der Waals surface area contributed by atoms with E-state index in [0.717, 1.165) is 15.8 Å². The second kappa shape index (κ2) is 5.74. The number of nitrogens with one attached hydrogen (secondary N) is 1. The SMILES string of the molecule is Cc1cc(C)cc(SNc2cc(F)cc3cccnc23)c1. The molecular weight excluding hydrogens is 283 g/mol. The molecule has 106 valence electrons. The fourth-order valence-corrected chi connectivity index (χ4v) is 3.21. The number of rotatable bonds is 3. The topological polar surface area (TPSA) is 24.9 Å². The van der Waals surface area contributed by atoms with Crippen LogP contribution in [0.4, 0.5) is 10.1 Å². The van der Waals surface area contributed by atoms with Gasteiger partial charge in [0.15, 0.2) is 0 Å². The van der Waals surface area contributed by atoms with Crippen molar-refractivity contribution >= 4 is 28.5 Å². The molecule has 0 spiro atoms. The van der Waals surface area contributed by atoms with Gasteiger partial charge in [-0.15, -0.1) is 0 Å². The molecule has 1 heterocycles. The van der Waals surface area contributed by atoms with Crippen LogP contribution in [0.5, 0.6) is 0 Å². The van der Waals surface area contributed by atoms with Gasteiger partial charge in [0.25, 0.3) is 0 Å².